The summed E-state index contributed by atoms with van der Waals surface area (Å²) in [6.07, 6.45) is 0. The average Bonchev–Trinajstić information content (AvgIpc) is 2.86. The number of likely N-dealkylation sites (N-methyl/N-ethyl adjacent to an activating group) is 2. The molecule has 1 amide bonds. The molecule has 0 bridgehead atoms. The molecule has 0 aliphatic rings. The first-order chi connectivity index (χ1) is 18.2. The van der Waals surface area contributed by atoms with Crippen molar-refractivity contribution >= 4 is 32.7 Å². The minimum Gasteiger partial charge on any atom is -0.368 e. The van der Waals surface area contributed by atoms with E-state index >= 15 is 0 Å². The van der Waals surface area contributed by atoms with Gasteiger partial charge in [0.15, 0.2) is 0 Å². The Labute approximate surface area is 232 Å². The topological polar surface area (TPSA) is 122 Å². The van der Waals surface area contributed by atoms with Gasteiger partial charge in [-0.3, -0.25) is 9.69 Å². The second-order valence-corrected chi connectivity index (χ2v) is 13.2. The van der Waals surface area contributed by atoms with Crippen LogP contribution in [-0.2, 0) is 26.8 Å². The molecule has 212 valence electrons. The summed E-state index contributed by atoms with van der Waals surface area (Å²) in [5.41, 5.74) is 7.41. The van der Waals surface area contributed by atoms with Gasteiger partial charge in [0.25, 0.3) is 0 Å². The molecule has 39 heavy (non-hydrogen) atoms. The van der Waals surface area contributed by atoms with Crippen molar-refractivity contribution in [2.24, 2.45) is 11.7 Å². The molecule has 10 heteroatoms. The van der Waals surface area contributed by atoms with E-state index in [1.807, 2.05) is 69.1 Å². The molecule has 9 nitrogen and oxygen atoms in total. The van der Waals surface area contributed by atoms with Gasteiger partial charge in [0.2, 0.25) is 15.9 Å². The minimum absolute atomic E-state index is 0.0195. The first-order valence-corrected chi connectivity index (χ1v) is 14.8. The van der Waals surface area contributed by atoms with Crippen LogP contribution in [0.25, 0.3) is 10.9 Å². The maximum atomic E-state index is 13.3. The highest BCUT2D eigenvalue weighted by Gasteiger charge is 2.25. The number of fused-ring (bicyclic) bond motifs is 1. The molecule has 0 fully saturated rings. The number of nitrogens with two attached hydrogens (primary N) is 1. The quantitative estimate of drug-likeness (QED) is 0.347. The third-order valence-electron chi connectivity index (χ3n) is 6.77. The molecule has 0 aliphatic heterocycles. The van der Waals surface area contributed by atoms with E-state index in [1.165, 1.54) is 4.31 Å². The fourth-order valence-electron chi connectivity index (χ4n) is 4.35. The highest BCUT2D eigenvalue weighted by molar-refractivity contribution is 7.89. The Hall–Kier alpha value is -3.08. The molecule has 1 atom stereocenters. The third-order valence-corrected chi connectivity index (χ3v) is 8.76. The summed E-state index contributed by atoms with van der Waals surface area (Å²) in [5.74, 6) is 0.654. The van der Waals surface area contributed by atoms with Gasteiger partial charge in [0.1, 0.15) is 17.7 Å². The summed E-state index contributed by atoms with van der Waals surface area (Å²) in [6, 6.07) is 14.2. The van der Waals surface area contributed by atoms with E-state index in [0.717, 1.165) is 16.5 Å². The Bertz CT molecular complexity index is 1380. The Morgan fingerprint density at radius 3 is 2.23 bits per heavy atom. The number of amides is 1. The lowest BCUT2D eigenvalue weighted by Gasteiger charge is -2.25. The number of primary amides is 1. The summed E-state index contributed by atoms with van der Waals surface area (Å²) in [4.78, 5) is 23.7. The standard InChI is InChI=1S/C29H42N6O3S/c1-8-35(39(37,38)22-15-13-21(14-16-22)29(4,5)6)18-17-34(7)19-25-31-24-12-10-9-11-23(24)28(32-25)33-26(20(2)3)27(30)36/h9-16,20,26H,8,17-19H2,1-7H3,(H2,30,36)(H,31,32,33)/t26-/m0/s1. The Morgan fingerprint density at radius 1 is 1.03 bits per heavy atom. The number of sulfonamides is 1. The number of carbonyl (C=O) groups excluding carboxylic acids is 1. The lowest BCUT2D eigenvalue weighted by molar-refractivity contribution is -0.119. The highest BCUT2D eigenvalue weighted by atomic mass is 32.2. The highest BCUT2D eigenvalue weighted by Crippen LogP contribution is 2.25. The molecule has 3 rings (SSSR count). The third kappa shape index (κ3) is 7.52. The Morgan fingerprint density at radius 2 is 1.67 bits per heavy atom. The lowest BCUT2D eigenvalue weighted by Crippen LogP contribution is -2.40. The fourth-order valence-corrected chi connectivity index (χ4v) is 5.79. The van der Waals surface area contributed by atoms with E-state index in [0.29, 0.717) is 42.7 Å². The number of nitrogens with one attached hydrogen (secondary N) is 1. The molecule has 0 spiro atoms. The van der Waals surface area contributed by atoms with Crippen molar-refractivity contribution in [3.05, 3.63) is 59.9 Å². The first kappa shape index (κ1) is 30.5. The zero-order valence-electron chi connectivity index (χ0n) is 24.1. The number of nitrogens with zero attached hydrogens (tertiary/aromatic N) is 4. The van der Waals surface area contributed by atoms with Crippen LogP contribution in [0, 0.1) is 5.92 Å². The van der Waals surface area contributed by atoms with Crippen LogP contribution in [-0.4, -0.2) is 66.2 Å². The minimum atomic E-state index is -3.63. The van der Waals surface area contributed by atoms with Gasteiger partial charge in [0, 0.05) is 25.0 Å². The van der Waals surface area contributed by atoms with Gasteiger partial charge >= 0.3 is 0 Å². The Kier molecular flexibility index (Phi) is 9.69. The lowest BCUT2D eigenvalue weighted by atomic mass is 9.87. The summed E-state index contributed by atoms with van der Waals surface area (Å²) >= 11 is 0. The Balaban J connectivity index is 1.75. The van der Waals surface area contributed by atoms with Gasteiger partial charge < -0.3 is 11.1 Å². The number of aromatic nitrogens is 2. The van der Waals surface area contributed by atoms with Gasteiger partial charge in [-0.05, 0) is 48.2 Å². The van der Waals surface area contributed by atoms with E-state index in [1.54, 1.807) is 12.1 Å². The van der Waals surface area contributed by atoms with Gasteiger partial charge in [0.05, 0.1) is 17.0 Å². The van der Waals surface area contributed by atoms with Crippen LogP contribution in [0.4, 0.5) is 5.82 Å². The second-order valence-electron chi connectivity index (χ2n) is 11.3. The molecule has 3 N–H and O–H groups in total. The zero-order chi connectivity index (χ0) is 29.0. The monoisotopic (exact) mass is 554 g/mol. The van der Waals surface area contributed by atoms with E-state index in [4.69, 9.17) is 15.7 Å². The molecular weight excluding hydrogens is 512 g/mol. The summed E-state index contributed by atoms with van der Waals surface area (Å²) in [6.45, 7) is 13.6. The first-order valence-electron chi connectivity index (χ1n) is 13.3. The molecule has 1 aromatic heterocycles. The van der Waals surface area contributed by atoms with Crippen LogP contribution in [0.3, 0.4) is 0 Å². The van der Waals surface area contributed by atoms with E-state index in [-0.39, 0.29) is 11.3 Å². The number of para-hydroxylation sites is 1. The van der Waals surface area contributed by atoms with Gasteiger partial charge in [-0.15, -0.1) is 0 Å². The van der Waals surface area contributed by atoms with Crippen molar-refractivity contribution in [1.29, 1.82) is 0 Å². The van der Waals surface area contributed by atoms with Crippen LogP contribution in [0.1, 0.15) is 52.9 Å². The number of benzene rings is 2. The van der Waals surface area contributed by atoms with E-state index in [9.17, 15) is 13.2 Å². The van der Waals surface area contributed by atoms with Crippen molar-refractivity contribution < 1.29 is 13.2 Å². The SMILES string of the molecule is CCN(CCN(C)Cc1nc(N[C@H](C(N)=O)C(C)C)c2ccccc2n1)S(=O)(=O)c1ccc(C(C)(C)C)cc1. The van der Waals surface area contributed by atoms with E-state index < -0.39 is 22.0 Å². The van der Waals surface area contributed by atoms with Gasteiger partial charge in [-0.2, -0.15) is 4.31 Å². The normalized spacial score (nSPS) is 13.4. The van der Waals surface area contributed by atoms with Crippen molar-refractivity contribution in [3.63, 3.8) is 0 Å². The maximum Gasteiger partial charge on any atom is 0.243 e. The summed E-state index contributed by atoms with van der Waals surface area (Å²) < 4.78 is 28.2. The molecule has 0 saturated carbocycles. The van der Waals surface area contributed by atoms with Crippen molar-refractivity contribution in [1.82, 2.24) is 19.2 Å². The predicted octanol–water partition coefficient (Wildman–Crippen LogP) is 3.99. The number of hydrogen-bond donors (Lipinski definition) is 2. The predicted molar refractivity (Wildman–Crippen MR) is 157 cm³/mol. The van der Waals surface area contributed by atoms with Crippen molar-refractivity contribution in [3.8, 4) is 0 Å². The van der Waals surface area contributed by atoms with Gasteiger partial charge in [-0.1, -0.05) is 65.8 Å². The molecule has 0 radical (unpaired) electrons. The van der Waals surface area contributed by atoms with Crippen LogP contribution < -0.4 is 11.1 Å². The summed E-state index contributed by atoms with van der Waals surface area (Å²) in [7, 11) is -1.72. The molecule has 0 unspecified atom stereocenters. The fraction of sp³-hybridized carbons (Fsp3) is 0.483. The summed E-state index contributed by atoms with van der Waals surface area (Å²) in [5, 5.41) is 4.02. The van der Waals surface area contributed by atoms with Crippen LogP contribution >= 0.6 is 0 Å². The largest absolute Gasteiger partial charge is 0.368 e. The molecular formula is C29H42N6O3S. The molecule has 1 heterocycles. The molecule has 3 aromatic rings. The zero-order valence-corrected chi connectivity index (χ0v) is 24.9. The molecule has 0 saturated heterocycles. The van der Waals surface area contributed by atoms with Gasteiger partial charge in [-0.25, -0.2) is 18.4 Å². The average molecular weight is 555 g/mol. The van der Waals surface area contributed by atoms with Crippen LogP contribution in [0.2, 0.25) is 0 Å². The van der Waals surface area contributed by atoms with E-state index in [2.05, 4.69) is 26.1 Å². The number of hydrogen-bond acceptors (Lipinski definition) is 7. The van der Waals surface area contributed by atoms with Crippen LogP contribution in [0.15, 0.2) is 53.4 Å². The van der Waals surface area contributed by atoms with Crippen molar-refractivity contribution in [2.75, 3.05) is 32.0 Å². The number of carbonyl (C=O) groups is 1. The smallest absolute Gasteiger partial charge is 0.243 e. The molecule has 2 aromatic carbocycles. The number of anilines is 1. The maximum absolute atomic E-state index is 13.3. The molecule has 0 aliphatic carbocycles. The number of rotatable bonds is 12. The van der Waals surface area contributed by atoms with Crippen molar-refractivity contribution in [2.45, 2.75) is 64.4 Å². The van der Waals surface area contributed by atoms with Crippen LogP contribution in [0.5, 0.6) is 0 Å². The second kappa shape index (κ2) is 12.4.